The molecule has 1 aliphatic rings. The fourth-order valence-corrected chi connectivity index (χ4v) is 6.33. The summed E-state index contributed by atoms with van der Waals surface area (Å²) in [5, 5.41) is 9.91. The van der Waals surface area contributed by atoms with E-state index in [1.54, 1.807) is 0 Å². The Hall–Kier alpha value is -4.74. The van der Waals surface area contributed by atoms with Gasteiger partial charge in [0.2, 0.25) is 0 Å². The molecule has 0 spiro atoms. The Bertz CT molecular complexity index is 1670. The molecule has 1 saturated heterocycles. The molecule has 6 aromatic rings. The highest BCUT2D eigenvalue weighted by molar-refractivity contribution is 5.95. The second-order valence-electron chi connectivity index (χ2n) is 10.7. The minimum absolute atomic E-state index is 0.642. The van der Waals surface area contributed by atoms with E-state index in [9.17, 15) is 0 Å². The van der Waals surface area contributed by atoms with Crippen molar-refractivity contribution in [2.45, 2.75) is 12.5 Å². The number of fused-ring (bicyclic) bond motifs is 1. The van der Waals surface area contributed by atoms with E-state index in [0.29, 0.717) is 0 Å². The lowest BCUT2D eigenvalue weighted by atomic mass is 9.77. The van der Waals surface area contributed by atoms with Gasteiger partial charge in [0.1, 0.15) is 5.54 Å². The number of hydrogen-bond acceptors (Lipinski definition) is 4. The third-order valence-corrected chi connectivity index (χ3v) is 8.30. The SMILES string of the molecule is Cc1nn(C(c2ccccc2)(c2ccccc2)c2ccccc2)cc1-c1ccc2nccc(N3CCNCC3)c2c1. The largest absolute Gasteiger partial charge is 0.368 e. The molecule has 4 aromatic carbocycles. The molecule has 1 fully saturated rings. The van der Waals surface area contributed by atoms with Crippen LogP contribution in [0.15, 0.2) is 128 Å². The van der Waals surface area contributed by atoms with Crippen molar-refractivity contribution in [2.24, 2.45) is 0 Å². The minimum atomic E-state index is -0.642. The average Bonchev–Trinajstić information content (AvgIpc) is 3.44. The highest BCUT2D eigenvalue weighted by atomic mass is 15.3. The second-order valence-corrected chi connectivity index (χ2v) is 10.7. The summed E-state index contributed by atoms with van der Waals surface area (Å²) in [4.78, 5) is 7.16. The number of anilines is 1. The predicted molar refractivity (Wildman–Crippen MR) is 167 cm³/mol. The van der Waals surface area contributed by atoms with Crippen LogP contribution in [0.3, 0.4) is 0 Å². The van der Waals surface area contributed by atoms with E-state index in [-0.39, 0.29) is 0 Å². The third-order valence-electron chi connectivity index (χ3n) is 8.30. The minimum Gasteiger partial charge on any atom is -0.368 e. The number of rotatable bonds is 6. The first-order valence-corrected chi connectivity index (χ1v) is 14.3. The maximum Gasteiger partial charge on any atom is 0.138 e. The Morgan fingerprint density at radius 3 is 1.88 bits per heavy atom. The highest BCUT2D eigenvalue weighted by Crippen LogP contribution is 2.42. The molecule has 5 nitrogen and oxygen atoms in total. The van der Waals surface area contributed by atoms with Gasteiger partial charge < -0.3 is 10.2 Å². The molecule has 41 heavy (non-hydrogen) atoms. The Kier molecular flexibility index (Phi) is 6.57. The van der Waals surface area contributed by atoms with Crippen LogP contribution < -0.4 is 10.2 Å². The number of nitrogens with zero attached hydrogens (tertiary/aromatic N) is 4. The number of piperazine rings is 1. The summed E-state index contributed by atoms with van der Waals surface area (Å²) in [6, 6.07) is 40.9. The van der Waals surface area contributed by atoms with Crippen molar-refractivity contribution in [2.75, 3.05) is 31.1 Å². The number of hydrogen-bond donors (Lipinski definition) is 1. The molecule has 0 atom stereocenters. The molecular formula is C36H33N5. The zero-order valence-corrected chi connectivity index (χ0v) is 23.2. The zero-order chi connectivity index (χ0) is 27.6. The van der Waals surface area contributed by atoms with Crippen LogP contribution >= 0.6 is 0 Å². The first-order valence-electron chi connectivity index (χ1n) is 14.3. The number of benzene rings is 4. The maximum atomic E-state index is 5.26. The molecule has 0 aliphatic carbocycles. The Labute approximate surface area is 241 Å². The predicted octanol–water partition coefficient (Wildman–Crippen LogP) is 6.66. The molecule has 0 saturated carbocycles. The molecule has 0 radical (unpaired) electrons. The van der Waals surface area contributed by atoms with Crippen LogP contribution in [-0.4, -0.2) is 40.9 Å². The quantitative estimate of drug-likeness (QED) is 0.242. The van der Waals surface area contributed by atoms with Crippen LogP contribution in [0.4, 0.5) is 5.69 Å². The van der Waals surface area contributed by atoms with Crippen LogP contribution in [0, 0.1) is 6.92 Å². The first-order chi connectivity index (χ1) is 20.2. The fourth-order valence-electron chi connectivity index (χ4n) is 6.33. The van der Waals surface area contributed by atoms with E-state index < -0.39 is 5.54 Å². The molecule has 0 bridgehead atoms. The van der Waals surface area contributed by atoms with Crippen LogP contribution in [0.1, 0.15) is 22.4 Å². The van der Waals surface area contributed by atoms with Crippen molar-refractivity contribution >= 4 is 16.6 Å². The van der Waals surface area contributed by atoms with E-state index in [1.165, 1.54) is 11.1 Å². The lowest BCUT2D eigenvalue weighted by Gasteiger charge is -2.36. The maximum absolute atomic E-state index is 5.26. The molecule has 0 unspecified atom stereocenters. The fraction of sp³-hybridized carbons (Fsp3) is 0.167. The number of aromatic nitrogens is 3. The van der Waals surface area contributed by atoms with Crippen molar-refractivity contribution in [3.63, 3.8) is 0 Å². The summed E-state index contributed by atoms with van der Waals surface area (Å²) >= 11 is 0. The summed E-state index contributed by atoms with van der Waals surface area (Å²) in [5.74, 6) is 0. The van der Waals surface area contributed by atoms with Gasteiger partial charge in [0.05, 0.1) is 11.2 Å². The monoisotopic (exact) mass is 535 g/mol. The summed E-state index contributed by atoms with van der Waals surface area (Å²) < 4.78 is 2.17. The van der Waals surface area contributed by atoms with Gasteiger partial charge in [0, 0.05) is 55.2 Å². The van der Waals surface area contributed by atoms with Gasteiger partial charge >= 0.3 is 0 Å². The van der Waals surface area contributed by atoms with Crippen molar-refractivity contribution in [3.05, 3.63) is 150 Å². The van der Waals surface area contributed by atoms with E-state index in [2.05, 4.69) is 143 Å². The second kappa shape index (κ2) is 10.7. The molecule has 5 heteroatoms. The Balaban J connectivity index is 1.44. The Morgan fingerprint density at radius 2 is 1.29 bits per heavy atom. The van der Waals surface area contributed by atoms with Gasteiger partial charge in [-0.25, -0.2) is 0 Å². The Morgan fingerprint density at radius 1 is 0.707 bits per heavy atom. The third kappa shape index (κ3) is 4.39. The summed E-state index contributed by atoms with van der Waals surface area (Å²) in [6.45, 7) is 6.09. The zero-order valence-electron chi connectivity index (χ0n) is 23.2. The lowest BCUT2D eigenvalue weighted by molar-refractivity contribution is 0.458. The van der Waals surface area contributed by atoms with Crippen molar-refractivity contribution in [1.29, 1.82) is 0 Å². The van der Waals surface area contributed by atoms with E-state index >= 15 is 0 Å². The summed E-state index contributed by atoms with van der Waals surface area (Å²) in [5.41, 5.74) is 8.36. The molecule has 0 amide bonds. The standard InChI is InChI=1S/C36H33N5/c1-27-33(28-17-18-34-32(25-28)35(19-20-38-34)40-23-21-37-22-24-40)26-41(39-27)36(29-11-5-2-6-12-29,30-13-7-3-8-14-30)31-15-9-4-10-16-31/h2-20,25-26,37H,21-24H2,1H3. The van der Waals surface area contributed by atoms with Gasteiger partial charge in [-0.2, -0.15) is 5.10 Å². The molecule has 7 rings (SSSR count). The highest BCUT2D eigenvalue weighted by Gasteiger charge is 2.39. The smallest absolute Gasteiger partial charge is 0.138 e. The lowest BCUT2D eigenvalue weighted by Crippen LogP contribution is -2.43. The average molecular weight is 536 g/mol. The van der Waals surface area contributed by atoms with Gasteiger partial charge in [-0.05, 0) is 47.4 Å². The van der Waals surface area contributed by atoms with E-state index in [4.69, 9.17) is 10.1 Å². The van der Waals surface area contributed by atoms with Crippen LogP contribution in [-0.2, 0) is 5.54 Å². The normalized spacial score (nSPS) is 13.9. The van der Waals surface area contributed by atoms with E-state index in [0.717, 1.165) is 65.2 Å². The van der Waals surface area contributed by atoms with Gasteiger partial charge in [-0.1, -0.05) is 97.1 Å². The first kappa shape index (κ1) is 25.2. The van der Waals surface area contributed by atoms with Gasteiger partial charge in [0.15, 0.2) is 0 Å². The molecular weight excluding hydrogens is 502 g/mol. The van der Waals surface area contributed by atoms with Crippen molar-refractivity contribution < 1.29 is 0 Å². The van der Waals surface area contributed by atoms with Crippen molar-refractivity contribution in [3.8, 4) is 11.1 Å². The molecule has 2 aromatic heterocycles. The molecule has 202 valence electrons. The van der Waals surface area contributed by atoms with Crippen LogP contribution in [0.5, 0.6) is 0 Å². The number of nitrogens with one attached hydrogen (secondary N) is 1. The van der Waals surface area contributed by atoms with Gasteiger partial charge in [-0.3, -0.25) is 9.67 Å². The molecule has 3 heterocycles. The van der Waals surface area contributed by atoms with Crippen molar-refractivity contribution in [1.82, 2.24) is 20.1 Å². The number of aryl methyl sites for hydroxylation is 1. The molecule has 1 N–H and O–H groups in total. The summed E-state index contributed by atoms with van der Waals surface area (Å²) in [6.07, 6.45) is 4.15. The topological polar surface area (TPSA) is 46.0 Å². The van der Waals surface area contributed by atoms with Gasteiger partial charge in [-0.15, -0.1) is 0 Å². The summed E-state index contributed by atoms with van der Waals surface area (Å²) in [7, 11) is 0. The van der Waals surface area contributed by atoms with E-state index in [1.807, 2.05) is 6.20 Å². The van der Waals surface area contributed by atoms with Crippen LogP contribution in [0.2, 0.25) is 0 Å². The van der Waals surface area contributed by atoms with Gasteiger partial charge in [0.25, 0.3) is 0 Å². The van der Waals surface area contributed by atoms with Crippen LogP contribution in [0.25, 0.3) is 22.0 Å². The number of pyridine rings is 1. The molecule has 1 aliphatic heterocycles.